The number of hydrogen-bond donors (Lipinski definition) is 1. The van der Waals surface area contributed by atoms with Crippen LogP contribution in [0.15, 0.2) is 54.6 Å². The van der Waals surface area contributed by atoms with E-state index in [0.29, 0.717) is 6.54 Å². The average Bonchev–Trinajstić information content (AvgIpc) is 3.28. The van der Waals surface area contributed by atoms with E-state index >= 15 is 0 Å². The number of hydrogen-bond acceptors (Lipinski definition) is 4. The summed E-state index contributed by atoms with van der Waals surface area (Å²) in [7, 11) is 0. The Morgan fingerprint density at radius 1 is 0.897 bits per heavy atom. The lowest BCUT2D eigenvalue weighted by Gasteiger charge is -2.34. The minimum atomic E-state index is -0.0124. The zero-order valence-corrected chi connectivity index (χ0v) is 17.1. The van der Waals surface area contributed by atoms with Gasteiger partial charge < -0.3 is 10.1 Å². The monoisotopic (exact) mass is 393 g/mol. The molecular weight excluding hydrogens is 362 g/mol. The second-order valence-electron chi connectivity index (χ2n) is 8.08. The van der Waals surface area contributed by atoms with Gasteiger partial charge in [-0.1, -0.05) is 42.5 Å². The molecule has 154 valence electrons. The van der Waals surface area contributed by atoms with E-state index in [1.54, 1.807) is 0 Å². The fourth-order valence-corrected chi connectivity index (χ4v) is 4.08. The summed E-state index contributed by atoms with van der Waals surface area (Å²) in [6.45, 7) is 7.75. The van der Waals surface area contributed by atoms with Gasteiger partial charge in [0.2, 0.25) is 0 Å². The minimum absolute atomic E-state index is 0.0124. The van der Waals surface area contributed by atoms with Crippen LogP contribution in [0.25, 0.3) is 0 Å². The molecule has 4 rings (SSSR count). The molecule has 0 aliphatic carbocycles. The van der Waals surface area contributed by atoms with Gasteiger partial charge >= 0.3 is 0 Å². The molecule has 2 heterocycles. The lowest BCUT2D eigenvalue weighted by Crippen LogP contribution is -2.45. The standard InChI is InChI=1S/C24H31N3O2/c28-24(25-17-23-7-4-16-29-23)22-10-8-21(9-11-22)19-27-14-12-26(13-15-27)18-20-5-2-1-3-6-20/h1-3,5-6,8-11,23H,4,7,12-19H2,(H,25,28)/t23-/m0/s1. The first-order valence-electron chi connectivity index (χ1n) is 10.7. The van der Waals surface area contributed by atoms with E-state index in [9.17, 15) is 4.79 Å². The maximum Gasteiger partial charge on any atom is 0.251 e. The molecule has 0 spiro atoms. The van der Waals surface area contributed by atoms with Gasteiger partial charge in [0.15, 0.2) is 0 Å². The number of piperazine rings is 1. The number of carbonyl (C=O) groups is 1. The van der Waals surface area contributed by atoms with Crippen LogP contribution >= 0.6 is 0 Å². The highest BCUT2D eigenvalue weighted by Gasteiger charge is 2.18. The van der Waals surface area contributed by atoms with Crippen LogP contribution in [0, 0.1) is 0 Å². The van der Waals surface area contributed by atoms with Crippen molar-refractivity contribution in [2.45, 2.75) is 32.0 Å². The van der Waals surface area contributed by atoms with Gasteiger partial charge in [-0.3, -0.25) is 14.6 Å². The van der Waals surface area contributed by atoms with Crippen molar-refractivity contribution in [2.24, 2.45) is 0 Å². The van der Waals surface area contributed by atoms with Crippen LogP contribution in [0.2, 0.25) is 0 Å². The van der Waals surface area contributed by atoms with Gasteiger partial charge in [-0.25, -0.2) is 0 Å². The first kappa shape index (κ1) is 20.1. The fourth-order valence-electron chi connectivity index (χ4n) is 4.08. The van der Waals surface area contributed by atoms with Gasteiger partial charge in [0, 0.05) is 58.0 Å². The molecule has 2 saturated heterocycles. The zero-order valence-electron chi connectivity index (χ0n) is 17.1. The van der Waals surface area contributed by atoms with Crippen LogP contribution in [0.5, 0.6) is 0 Å². The maximum absolute atomic E-state index is 12.3. The molecule has 2 aromatic rings. The summed E-state index contributed by atoms with van der Waals surface area (Å²) in [6, 6.07) is 18.7. The van der Waals surface area contributed by atoms with Crippen molar-refractivity contribution in [2.75, 3.05) is 39.3 Å². The van der Waals surface area contributed by atoms with E-state index in [1.165, 1.54) is 11.1 Å². The number of rotatable bonds is 7. The van der Waals surface area contributed by atoms with Gasteiger partial charge in [0.25, 0.3) is 5.91 Å². The fraction of sp³-hybridized carbons (Fsp3) is 0.458. The second kappa shape index (κ2) is 10.0. The summed E-state index contributed by atoms with van der Waals surface area (Å²) < 4.78 is 5.56. The second-order valence-corrected chi connectivity index (χ2v) is 8.08. The third-order valence-electron chi connectivity index (χ3n) is 5.85. The third kappa shape index (κ3) is 5.89. The molecule has 1 N–H and O–H groups in total. The molecule has 2 aromatic carbocycles. The number of amides is 1. The summed E-state index contributed by atoms with van der Waals surface area (Å²) in [5.41, 5.74) is 3.37. The van der Waals surface area contributed by atoms with Crippen LogP contribution in [-0.4, -0.2) is 61.1 Å². The summed E-state index contributed by atoms with van der Waals surface area (Å²) in [6.07, 6.45) is 2.31. The van der Waals surface area contributed by atoms with E-state index in [0.717, 1.165) is 64.3 Å². The summed E-state index contributed by atoms with van der Waals surface area (Å²) in [5, 5.41) is 2.99. The summed E-state index contributed by atoms with van der Waals surface area (Å²) in [4.78, 5) is 17.3. The predicted octanol–water partition coefficient (Wildman–Crippen LogP) is 2.91. The number of ether oxygens (including phenoxy) is 1. The van der Waals surface area contributed by atoms with Crippen LogP contribution in [0.3, 0.4) is 0 Å². The van der Waals surface area contributed by atoms with E-state index in [4.69, 9.17) is 4.74 Å². The Kier molecular flexibility index (Phi) is 6.93. The molecule has 2 aliphatic rings. The van der Waals surface area contributed by atoms with Gasteiger partial charge in [0.05, 0.1) is 6.10 Å². The van der Waals surface area contributed by atoms with E-state index in [2.05, 4.69) is 57.6 Å². The van der Waals surface area contributed by atoms with Gasteiger partial charge in [-0.2, -0.15) is 0 Å². The molecule has 0 saturated carbocycles. The van der Waals surface area contributed by atoms with E-state index in [-0.39, 0.29) is 12.0 Å². The Morgan fingerprint density at radius 2 is 1.52 bits per heavy atom. The van der Waals surface area contributed by atoms with E-state index < -0.39 is 0 Å². The average molecular weight is 394 g/mol. The normalized spacial score (nSPS) is 20.6. The van der Waals surface area contributed by atoms with Gasteiger partial charge in [-0.15, -0.1) is 0 Å². The molecular formula is C24H31N3O2. The smallest absolute Gasteiger partial charge is 0.251 e. The maximum atomic E-state index is 12.3. The Morgan fingerprint density at radius 3 is 2.10 bits per heavy atom. The topological polar surface area (TPSA) is 44.8 Å². The minimum Gasteiger partial charge on any atom is -0.376 e. The van der Waals surface area contributed by atoms with Crippen molar-refractivity contribution < 1.29 is 9.53 Å². The van der Waals surface area contributed by atoms with Crippen LogP contribution in [0.4, 0.5) is 0 Å². The van der Waals surface area contributed by atoms with E-state index in [1.807, 2.05) is 12.1 Å². The Balaban J connectivity index is 1.20. The molecule has 1 atom stereocenters. The number of benzene rings is 2. The van der Waals surface area contributed by atoms with Crippen molar-refractivity contribution in [3.05, 3.63) is 71.3 Å². The van der Waals surface area contributed by atoms with Gasteiger partial charge in [-0.05, 0) is 36.1 Å². The Labute approximate surface area is 173 Å². The highest BCUT2D eigenvalue weighted by Crippen LogP contribution is 2.13. The number of nitrogens with zero attached hydrogens (tertiary/aromatic N) is 2. The van der Waals surface area contributed by atoms with Crippen molar-refractivity contribution in [3.63, 3.8) is 0 Å². The third-order valence-corrected chi connectivity index (χ3v) is 5.85. The number of carbonyl (C=O) groups excluding carboxylic acids is 1. The largest absolute Gasteiger partial charge is 0.376 e. The zero-order chi connectivity index (χ0) is 19.9. The number of nitrogens with one attached hydrogen (secondary N) is 1. The highest BCUT2D eigenvalue weighted by atomic mass is 16.5. The van der Waals surface area contributed by atoms with Crippen molar-refractivity contribution in [1.82, 2.24) is 15.1 Å². The molecule has 1 amide bonds. The SMILES string of the molecule is O=C(NC[C@@H]1CCCO1)c1ccc(CN2CCN(Cc3ccccc3)CC2)cc1. The molecule has 0 radical (unpaired) electrons. The lowest BCUT2D eigenvalue weighted by atomic mass is 10.1. The molecule has 2 aliphatic heterocycles. The first-order chi connectivity index (χ1) is 14.3. The van der Waals surface area contributed by atoms with Crippen LogP contribution < -0.4 is 5.32 Å². The molecule has 0 unspecified atom stereocenters. The molecule has 29 heavy (non-hydrogen) atoms. The van der Waals surface area contributed by atoms with Crippen LogP contribution in [0.1, 0.15) is 34.3 Å². The van der Waals surface area contributed by atoms with Gasteiger partial charge in [0.1, 0.15) is 0 Å². The van der Waals surface area contributed by atoms with Crippen molar-refractivity contribution in [1.29, 1.82) is 0 Å². The molecule has 2 fully saturated rings. The summed E-state index contributed by atoms with van der Waals surface area (Å²) in [5.74, 6) is -0.0124. The quantitative estimate of drug-likeness (QED) is 0.786. The first-order valence-corrected chi connectivity index (χ1v) is 10.7. The summed E-state index contributed by atoms with van der Waals surface area (Å²) >= 11 is 0. The van der Waals surface area contributed by atoms with Crippen LogP contribution in [-0.2, 0) is 17.8 Å². The lowest BCUT2D eigenvalue weighted by molar-refractivity contribution is 0.0857. The molecule has 5 nitrogen and oxygen atoms in total. The highest BCUT2D eigenvalue weighted by molar-refractivity contribution is 5.94. The molecule has 5 heteroatoms. The Hall–Kier alpha value is -2.21. The van der Waals surface area contributed by atoms with Crippen molar-refractivity contribution in [3.8, 4) is 0 Å². The Bertz CT molecular complexity index is 764. The molecule has 0 aromatic heterocycles. The van der Waals surface area contributed by atoms with Crippen molar-refractivity contribution >= 4 is 5.91 Å². The molecule has 0 bridgehead atoms. The predicted molar refractivity (Wildman–Crippen MR) is 115 cm³/mol.